The molecule has 0 N–H and O–H groups in total. The quantitative estimate of drug-likeness (QED) is 0.604. The minimum atomic E-state index is 0.226. The van der Waals surface area contributed by atoms with E-state index in [1.165, 1.54) is 0 Å². The summed E-state index contributed by atoms with van der Waals surface area (Å²) in [6.07, 6.45) is 2.32. The second-order valence-electron chi connectivity index (χ2n) is 3.82. The van der Waals surface area contributed by atoms with Gasteiger partial charge in [0.05, 0.1) is 5.56 Å². The summed E-state index contributed by atoms with van der Waals surface area (Å²) in [5, 5.41) is 0.226. The molecule has 0 unspecified atom stereocenters. The predicted molar refractivity (Wildman–Crippen MR) is 67.3 cm³/mol. The average molecular weight is 247 g/mol. The van der Waals surface area contributed by atoms with Gasteiger partial charge >= 0.3 is 0 Å². The Balaban J connectivity index is 2.67. The lowest BCUT2D eigenvalue weighted by molar-refractivity contribution is 0.112. The van der Waals surface area contributed by atoms with Crippen molar-refractivity contribution in [2.24, 2.45) is 0 Å². The number of aromatic nitrogens is 2. The summed E-state index contributed by atoms with van der Waals surface area (Å²) in [6, 6.07) is 5.63. The van der Waals surface area contributed by atoms with Gasteiger partial charge in [-0.1, -0.05) is 11.6 Å². The Morgan fingerprint density at radius 1 is 1.24 bits per heavy atom. The largest absolute Gasteiger partial charge is 0.298 e. The summed E-state index contributed by atoms with van der Waals surface area (Å²) in [7, 11) is 0. The molecule has 0 bridgehead atoms. The predicted octanol–water partition coefficient (Wildman–Crippen LogP) is 3.23. The molecule has 0 spiro atoms. The van der Waals surface area contributed by atoms with Crippen LogP contribution in [0.1, 0.15) is 21.7 Å². The van der Waals surface area contributed by atoms with Gasteiger partial charge in [-0.3, -0.25) is 9.78 Å². The Morgan fingerprint density at radius 3 is 2.47 bits per heavy atom. The lowest BCUT2D eigenvalue weighted by atomic mass is 10.0. The second-order valence-corrected chi connectivity index (χ2v) is 4.18. The first kappa shape index (κ1) is 11.7. The number of carbonyl (C=O) groups is 1. The van der Waals surface area contributed by atoms with E-state index in [2.05, 4.69) is 9.97 Å². The molecular formula is C13H11ClN2O. The average Bonchev–Trinajstić information content (AvgIpc) is 2.27. The number of aryl methyl sites for hydroxylation is 2. The van der Waals surface area contributed by atoms with Crippen LogP contribution in [0.15, 0.2) is 24.4 Å². The number of hydrogen-bond acceptors (Lipinski definition) is 3. The fourth-order valence-corrected chi connectivity index (χ4v) is 2.00. The van der Waals surface area contributed by atoms with Crippen molar-refractivity contribution in [3.8, 4) is 11.1 Å². The van der Waals surface area contributed by atoms with Crippen molar-refractivity contribution in [1.82, 2.24) is 9.97 Å². The summed E-state index contributed by atoms with van der Waals surface area (Å²) in [5.41, 5.74) is 3.95. The van der Waals surface area contributed by atoms with Gasteiger partial charge < -0.3 is 0 Å². The van der Waals surface area contributed by atoms with Crippen molar-refractivity contribution in [3.63, 3.8) is 0 Å². The standard InChI is InChI=1S/C13H11ClN2O/c1-8-5-10(6-9(2)16-8)11-3-4-15-13(14)12(11)7-17/h3-7H,1-2H3. The molecule has 0 radical (unpaired) electrons. The molecule has 0 aliphatic rings. The first-order valence-electron chi connectivity index (χ1n) is 5.17. The Hall–Kier alpha value is -1.74. The van der Waals surface area contributed by atoms with E-state index in [1.54, 1.807) is 12.3 Å². The smallest absolute Gasteiger partial charge is 0.153 e. The topological polar surface area (TPSA) is 42.9 Å². The zero-order chi connectivity index (χ0) is 12.4. The van der Waals surface area contributed by atoms with Crippen molar-refractivity contribution in [2.45, 2.75) is 13.8 Å². The zero-order valence-electron chi connectivity index (χ0n) is 9.57. The van der Waals surface area contributed by atoms with Crippen molar-refractivity contribution in [3.05, 3.63) is 46.5 Å². The van der Waals surface area contributed by atoms with Crippen LogP contribution in [-0.4, -0.2) is 16.3 Å². The van der Waals surface area contributed by atoms with Gasteiger partial charge in [0.25, 0.3) is 0 Å². The fraction of sp³-hybridized carbons (Fsp3) is 0.154. The van der Waals surface area contributed by atoms with Crippen LogP contribution in [-0.2, 0) is 0 Å². The van der Waals surface area contributed by atoms with Crippen LogP contribution in [0.3, 0.4) is 0 Å². The summed E-state index contributed by atoms with van der Waals surface area (Å²) in [4.78, 5) is 19.3. The molecule has 3 nitrogen and oxygen atoms in total. The van der Waals surface area contributed by atoms with E-state index in [0.717, 1.165) is 28.8 Å². The van der Waals surface area contributed by atoms with E-state index in [1.807, 2.05) is 26.0 Å². The highest BCUT2D eigenvalue weighted by molar-refractivity contribution is 6.32. The molecule has 0 aromatic carbocycles. The van der Waals surface area contributed by atoms with E-state index < -0.39 is 0 Å². The van der Waals surface area contributed by atoms with Gasteiger partial charge in [-0.2, -0.15) is 0 Å². The van der Waals surface area contributed by atoms with Gasteiger partial charge in [-0.15, -0.1) is 0 Å². The van der Waals surface area contributed by atoms with Gasteiger partial charge in [-0.05, 0) is 43.2 Å². The number of carbonyl (C=O) groups excluding carboxylic acids is 1. The zero-order valence-corrected chi connectivity index (χ0v) is 10.3. The van der Waals surface area contributed by atoms with Crippen LogP contribution in [0.4, 0.5) is 0 Å². The Morgan fingerprint density at radius 2 is 1.88 bits per heavy atom. The molecule has 2 aromatic heterocycles. The van der Waals surface area contributed by atoms with E-state index in [-0.39, 0.29) is 5.15 Å². The molecule has 86 valence electrons. The number of rotatable bonds is 2. The lowest BCUT2D eigenvalue weighted by Gasteiger charge is -2.07. The number of hydrogen-bond donors (Lipinski definition) is 0. The first-order valence-corrected chi connectivity index (χ1v) is 5.55. The van der Waals surface area contributed by atoms with Crippen LogP contribution in [0, 0.1) is 13.8 Å². The van der Waals surface area contributed by atoms with E-state index in [9.17, 15) is 4.79 Å². The third kappa shape index (κ3) is 2.34. The highest BCUT2D eigenvalue weighted by atomic mass is 35.5. The third-order valence-corrected chi connectivity index (χ3v) is 2.75. The molecular weight excluding hydrogens is 236 g/mol. The summed E-state index contributed by atoms with van der Waals surface area (Å²) >= 11 is 5.90. The summed E-state index contributed by atoms with van der Waals surface area (Å²) in [6.45, 7) is 3.83. The molecule has 0 saturated heterocycles. The summed E-state index contributed by atoms with van der Waals surface area (Å²) in [5.74, 6) is 0. The van der Waals surface area contributed by atoms with Crippen molar-refractivity contribution in [1.29, 1.82) is 0 Å². The Labute approximate surface area is 104 Å². The molecule has 0 amide bonds. The van der Waals surface area contributed by atoms with Crippen LogP contribution < -0.4 is 0 Å². The monoisotopic (exact) mass is 246 g/mol. The number of aldehydes is 1. The summed E-state index contributed by atoms with van der Waals surface area (Å²) < 4.78 is 0. The molecule has 17 heavy (non-hydrogen) atoms. The molecule has 0 atom stereocenters. The number of halogens is 1. The van der Waals surface area contributed by atoms with E-state index in [0.29, 0.717) is 5.56 Å². The maximum atomic E-state index is 11.1. The van der Waals surface area contributed by atoms with Crippen LogP contribution >= 0.6 is 11.6 Å². The number of nitrogens with zero attached hydrogens (tertiary/aromatic N) is 2. The molecule has 2 rings (SSSR count). The fourth-order valence-electron chi connectivity index (χ4n) is 1.80. The third-order valence-electron chi connectivity index (χ3n) is 2.45. The van der Waals surface area contributed by atoms with E-state index >= 15 is 0 Å². The molecule has 0 aliphatic carbocycles. The van der Waals surface area contributed by atoms with Gasteiger partial charge in [0.2, 0.25) is 0 Å². The molecule has 2 aromatic rings. The Bertz CT molecular complexity index is 561. The number of pyridine rings is 2. The molecule has 4 heteroatoms. The maximum Gasteiger partial charge on any atom is 0.153 e. The van der Waals surface area contributed by atoms with Crippen molar-refractivity contribution in [2.75, 3.05) is 0 Å². The van der Waals surface area contributed by atoms with Gasteiger partial charge in [0.1, 0.15) is 5.15 Å². The van der Waals surface area contributed by atoms with Crippen LogP contribution in [0.25, 0.3) is 11.1 Å². The molecule has 2 heterocycles. The minimum Gasteiger partial charge on any atom is -0.298 e. The molecule has 0 saturated carbocycles. The van der Waals surface area contributed by atoms with E-state index in [4.69, 9.17) is 11.6 Å². The van der Waals surface area contributed by atoms with Gasteiger partial charge in [0.15, 0.2) is 6.29 Å². The van der Waals surface area contributed by atoms with Gasteiger partial charge in [-0.25, -0.2) is 4.98 Å². The van der Waals surface area contributed by atoms with Crippen molar-refractivity contribution < 1.29 is 4.79 Å². The lowest BCUT2D eigenvalue weighted by Crippen LogP contribution is -1.94. The molecule has 0 aliphatic heterocycles. The SMILES string of the molecule is Cc1cc(-c2ccnc(Cl)c2C=O)cc(C)n1. The second kappa shape index (κ2) is 4.63. The highest BCUT2D eigenvalue weighted by Gasteiger charge is 2.10. The van der Waals surface area contributed by atoms with Crippen molar-refractivity contribution >= 4 is 17.9 Å². The van der Waals surface area contributed by atoms with Crippen LogP contribution in [0.5, 0.6) is 0 Å². The maximum absolute atomic E-state index is 11.1. The minimum absolute atomic E-state index is 0.226. The highest BCUT2D eigenvalue weighted by Crippen LogP contribution is 2.27. The normalized spacial score (nSPS) is 10.3. The van der Waals surface area contributed by atoms with Gasteiger partial charge in [0, 0.05) is 17.6 Å². The van der Waals surface area contributed by atoms with Crippen LogP contribution in [0.2, 0.25) is 5.15 Å². The Kier molecular flexibility index (Phi) is 3.20. The first-order chi connectivity index (χ1) is 8.11. The molecule has 0 fully saturated rings.